The molecule has 1 atom stereocenters. The number of methoxy groups -OCH3 is 2. The van der Waals surface area contributed by atoms with Crippen molar-refractivity contribution in [3.8, 4) is 11.5 Å². The van der Waals surface area contributed by atoms with Crippen molar-refractivity contribution in [1.29, 1.82) is 0 Å². The Morgan fingerprint density at radius 3 is 2.50 bits per heavy atom. The summed E-state index contributed by atoms with van der Waals surface area (Å²) in [4.78, 5) is 20.4. The molecule has 0 unspecified atom stereocenters. The van der Waals surface area contributed by atoms with Crippen molar-refractivity contribution < 1.29 is 14.3 Å². The van der Waals surface area contributed by atoms with Crippen molar-refractivity contribution in [2.75, 3.05) is 19.5 Å². The van der Waals surface area contributed by atoms with Crippen LogP contribution in [-0.4, -0.2) is 35.3 Å². The van der Waals surface area contributed by atoms with Gasteiger partial charge in [-0.3, -0.25) is 4.79 Å². The van der Waals surface area contributed by atoms with E-state index >= 15 is 0 Å². The topological polar surface area (TPSA) is 73.3 Å². The van der Waals surface area contributed by atoms with E-state index in [1.165, 1.54) is 11.8 Å². The van der Waals surface area contributed by atoms with Gasteiger partial charge in [0.2, 0.25) is 5.91 Å². The third-order valence-electron chi connectivity index (χ3n) is 2.84. The molecule has 0 saturated heterocycles. The Hall–Kier alpha value is -2.28. The van der Waals surface area contributed by atoms with E-state index in [2.05, 4.69) is 15.3 Å². The lowest BCUT2D eigenvalue weighted by molar-refractivity contribution is -0.115. The van der Waals surface area contributed by atoms with Crippen LogP contribution >= 0.6 is 11.8 Å². The molecule has 1 amide bonds. The predicted octanol–water partition coefficient (Wildman–Crippen LogP) is 2.61. The lowest BCUT2D eigenvalue weighted by Crippen LogP contribution is -2.22. The molecule has 1 heterocycles. The van der Waals surface area contributed by atoms with Gasteiger partial charge in [-0.15, -0.1) is 0 Å². The van der Waals surface area contributed by atoms with Crippen molar-refractivity contribution in [2.24, 2.45) is 0 Å². The van der Waals surface area contributed by atoms with E-state index in [4.69, 9.17) is 9.47 Å². The summed E-state index contributed by atoms with van der Waals surface area (Å²) in [5.74, 6) is 1.04. The minimum absolute atomic E-state index is 0.135. The van der Waals surface area contributed by atoms with Crippen LogP contribution in [0.1, 0.15) is 6.92 Å². The van der Waals surface area contributed by atoms with E-state index < -0.39 is 0 Å². The number of amides is 1. The van der Waals surface area contributed by atoms with Crippen LogP contribution in [0.5, 0.6) is 11.5 Å². The van der Waals surface area contributed by atoms with E-state index in [9.17, 15) is 4.79 Å². The van der Waals surface area contributed by atoms with Crippen LogP contribution in [0, 0.1) is 0 Å². The molecule has 1 aromatic carbocycles. The second-order valence-electron chi connectivity index (χ2n) is 4.35. The third kappa shape index (κ3) is 4.11. The van der Waals surface area contributed by atoms with E-state index in [-0.39, 0.29) is 11.2 Å². The molecule has 0 saturated carbocycles. The number of hydrogen-bond acceptors (Lipinski definition) is 6. The molecule has 6 nitrogen and oxygen atoms in total. The fraction of sp³-hybridized carbons (Fsp3) is 0.267. The Kier molecular flexibility index (Phi) is 5.60. The molecule has 0 aliphatic heterocycles. The first-order valence-corrected chi connectivity index (χ1v) is 7.48. The molecular weight excluding hydrogens is 302 g/mol. The first-order valence-electron chi connectivity index (χ1n) is 6.60. The molecule has 1 N–H and O–H groups in total. The van der Waals surface area contributed by atoms with Crippen LogP contribution < -0.4 is 14.8 Å². The van der Waals surface area contributed by atoms with Crippen molar-refractivity contribution >= 4 is 23.4 Å². The molecule has 0 aliphatic carbocycles. The fourth-order valence-corrected chi connectivity index (χ4v) is 2.44. The Labute approximate surface area is 133 Å². The molecule has 0 bridgehead atoms. The number of carbonyl (C=O) groups excluding carboxylic acids is 1. The Bertz CT molecular complexity index is 637. The van der Waals surface area contributed by atoms with Crippen LogP contribution in [0.25, 0.3) is 0 Å². The largest absolute Gasteiger partial charge is 0.493 e. The monoisotopic (exact) mass is 319 g/mol. The summed E-state index contributed by atoms with van der Waals surface area (Å²) in [6, 6.07) is 6.95. The molecule has 7 heteroatoms. The highest BCUT2D eigenvalue weighted by atomic mass is 32.2. The van der Waals surface area contributed by atoms with Gasteiger partial charge >= 0.3 is 0 Å². The second kappa shape index (κ2) is 7.65. The van der Waals surface area contributed by atoms with E-state index in [1.807, 2.05) is 0 Å². The van der Waals surface area contributed by atoms with Gasteiger partial charge in [0.05, 0.1) is 19.5 Å². The van der Waals surface area contributed by atoms with Crippen LogP contribution in [-0.2, 0) is 4.79 Å². The average molecular weight is 319 g/mol. The van der Waals surface area contributed by atoms with Crippen molar-refractivity contribution in [2.45, 2.75) is 17.3 Å². The van der Waals surface area contributed by atoms with Gasteiger partial charge in [0.15, 0.2) is 16.7 Å². The highest BCUT2D eigenvalue weighted by molar-refractivity contribution is 8.00. The van der Waals surface area contributed by atoms with Crippen LogP contribution in [0.4, 0.5) is 5.69 Å². The molecule has 0 radical (unpaired) electrons. The number of thioether (sulfide) groups is 1. The summed E-state index contributed by atoms with van der Waals surface area (Å²) in [6.45, 7) is 1.80. The van der Waals surface area contributed by atoms with E-state index in [0.717, 1.165) is 0 Å². The van der Waals surface area contributed by atoms with Gasteiger partial charge in [-0.2, -0.15) is 0 Å². The number of ether oxygens (including phenoxy) is 2. The molecule has 2 aromatic rings. The minimum atomic E-state index is -0.324. The maximum atomic E-state index is 12.2. The van der Waals surface area contributed by atoms with Gasteiger partial charge < -0.3 is 14.8 Å². The molecule has 0 spiro atoms. The molecule has 116 valence electrons. The molecule has 1 aromatic heterocycles. The quantitative estimate of drug-likeness (QED) is 0.652. The number of aromatic nitrogens is 2. The Morgan fingerprint density at radius 1 is 1.18 bits per heavy atom. The van der Waals surface area contributed by atoms with Gasteiger partial charge in [-0.25, -0.2) is 9.97 Å². The van der Waals surface area contributed by atoms with Gasteiger partial charge in [0, 0.05) is 24.1 Å². The zero-order chi connectivity index (χ0) is 15.9. The van der Waals surface area contributed by atoms with Gasteiger partial charge in [0.1, 0.15) is 0 Å². The zero-order valence-corrected chi connectivity index (χ0v) is 13.4. The number of benzene rings is 1. The number of nitrogens with one attached hydrogen (secondary N) is 1. The highest BCUT2D eigenvalue weighted by Gasteiger charge is 2.16. The number of rotatable bonds is 6. The van der Waals surface area contributed by atoms with Crippen LogP contribution in [0.15, 0.2) is 41.8 Å². The summed E-state index contributed by atoms with van der Waals surface area (Å²) >= 11 is 1.30. The highest BCUT2D eigenvalue weighted by Crippen LogP contribution is 2.30. The third-order valence-corrected chi connectivity index (χ3v) is 3.83. The lowest BCUT2D eigenvalue weighted by atomic mass is 10.2. The van der Waals surface area contributed by atoms with Gasteiger partial charge in [0.25, 0.3) is 0 Å². The number of nitrogens with zero attached hydrogens (tertiary/aromatic N) is 2. The smallest absolute Gasteiger partial charge is 0.237 e. The van der Waals surface area contributed by atoms with Crippen LogP contribution in [0.3, 0.4) is 0 Å². The molecular formula is C15H17N3O3S. The second-order valence-corrected chi connectivity index (χ2v) is 5.66. The molecule has 0 aliphatic rings. The van der Waals surface area contributed by atoms with Gasteiger partial charge in [-0.05, 0) is 25.1 Å². The summed E-state index contributed by atoms with van der Waals surface area (Å²) < 4.78 is 10.4. The number of anilines is 1. The Morgan fingerprint density at radius 2 is 1.86 bits per heavy atom. The standard InChI is InChI=1S/C15H17N3O3S/c1-10(22-15-16-7-4-8-17-15)14(19)18-11-5-6-12(20-2)13(9-11)21-3/h4-10H,1-3H3,(H,18,19)/t10-/m0/s1. The summed E-state index contributed by atoms with van der Waals surface area (Å²) in [5.41, 5.74) is 0.643. The fourth-order valence-electron chi connectivity index (χ4n) is 1.72. The van der Waals surface area contributed by atoms with Crippen molar-refractivity contribution in [3.05, 3.63) is 36.7 Å². The van der Waals surface area contributed by atoms with Gasteiger partial charge in [-0.1, -0.05) is 11.8 Å². The Balaban J connectivity index is 2.02. The lowest BCUT2D eigenvalue weighted by Gasteiger charge is -2.13. The number of carbonyl (C=O) groups is 1. The maximum Gasteiger partial charge on any atom is 0.237 e. The van der Waals surface area contributed by atoms with Crippen LogP contribution in [0.2, 0.25) is 0 Å². The molecule has 22 heavy (non-hydrogen) atoms. The van der Waals surface area contributed by atoms with E-state index in [1.54, 1.807) is 57.8 Å². The van der Waals surface area contributed by atoms with Crippen molar-refractivity contribution in [3.63, 3.8) is 0 Å². The first kappa shape index (κ1) is 16.1. The SMILES string of the molecule is COc1ccc(NC(=O)[C@H](C)Sc2ncccn2)cc1OC. The predicted molar refractivity (Wildman–Crippen MR) is 85.5 cm³/mol. The average Bonchev–Trinajstić information content (AvgIpc) is 2.55. The number of hydrogen-bond donors (Lipinski definition) is 1. The van der Waals surface area contributed by atoms with E-state index in [0.29, 0.717) is 22.3 Å². The zero-order valence-electron chi connectivity index (χ0n) is 12.6. The maximum absolute atomic E-state index is 12.2. The molecule has 2 rings (SSSR count). The first-order chi connectivity index (χ1) is 10.6. The summed E-state index contributed by atoms with van der Waals surface area (Å²) in [5, 5.41) is 3.08. The summed E-state index contributed by atoms with van der Waals surface area (Å²) in [7, 11) is 3.11. The minimum Gasteiger partial charge on any atom is -0.493 e. The van der Waals surface area contributed by atoms with Crippen molar-refractivity contribution in [1.82, 2.24) is 9.97 Å². The summed E-state index contributed by atoms with van der Waals surface area (Å²) in [6.07, 6.45) is 3.29. The molecule has 0 fully saturated rings. The normalized spacial score (nSPS) is 11.6.